The number of ether oxygens (including phenoxy) is 1. The molecule has 2 aliphatic heterocycles. The molecule has 2 unspecified atom stereocenters. The molecule has 0 aromatic heterocycles. The molecule has 2 aliphatic rings. The van der Waals surface area contributed by atoms with Gasteiger partial charge in [-0.3, -0.25) is 9.59 Å². The molecule has 0 bridgehead atoms. The van der Waals surface area contributed by atoms with Crippen LogP contribution in [0.25, 0.3) is 0 Å². The first-order valence-electron chi connectivity index (χ1n) is 9.79. The molecule has 2 heterocycles. The van der Waals surface area contributed by atoms with Gasteiger partial charge in [-0.25, -0.2) is 4.39 Å². The molecule has 2 amide bonds. The quantitative estimate of drug-likeness (QED) is 0.718. The number of halogens is 2. The van der Waals surface area contributed by atoms with E-state index in [1.807, 2.05) is 4.90 Å². The Balaban J connectivity index is 0.00000280. The minimum absolute atomic E-state index is 0. The Morgan fingerprint density at radius 2 is 2.07 bits per heavy atom. The minimum Gasteiger partial charge on any atom is -0.490 e. The standard InChI is InChI=1S/C20H28FN3O3.ClH/c21-16-6-1-2-8-18(16)27-12-9-19(25)24-11-4-5-15(14-24)13-23-20(26)17-7-3-10-22-17;/h1-2,6,8,15,17,22H,3-5,7,9-14H2,(H,23,26);1H. The molecule has 2 N–H and O–H groups in total. The number of amides is 2. The zero-order valence-corrected chi connectivity index (χ0v) is 16.8. The van der Waals surface area contributed by atoms with E-state index in [1.54, 1.807) is 18.2 Å². The Labute approximate surface area is 171 Å². The summed E-state index contributed by atoms with van der Waals surface area (Å²) in [6.45, 7) is 3.04. The number of likely N-dealkylation sites (tertiary alicyclic amines) is 1. The normalized spacial score (nSPS) is 21.7. The fraction of sp³-hybridized carbons (Fsp3) is 0.600. The second-order valence-corrected chi connectivity index (χ2v) is 7.27. The lowest BCUT2D eigenvalue weighted by atomic mass is 9.97. The van der Waals surface area contributed by atoms with E-state index >= 15 is 0 Å². The average molecular weight is 414 g/mol. The number of nitrogens with zero attached hydrogens (tertiary/aromatic N) is 1. The van der Waals surface area contributed by atoms with Crippen LogP contribution in [0.4, 0.5) is 4.39 Å². The zero-order valence-electron chi connectivity index (χ0n) is 16.0. The van der Waals surface area contributed by atoms with Crippen molar-refractivity contribution in [2.24, 2.45) is 5.92 Å². The maximum atomic E-state index is 13.5. The van der Waals surface area contributed by atoms with E-state index in [2.05, 4.69) is 10.6 Å². The van der Waals surface area contributed by atoms with Gasteiger partial charge in [0.05, 0.1) is 19.1 Å². The van der Waals surface area contributed by atoms with Gasteiger partial charge in [0, 0.05) is 19.6 Å². The van der Waals surface area contributed by atoms with Crippen LogP contribution in [-0.4, -0.2) is 55.5 Å². The number of carbonyl (C=O) groups is 2. The lowest BCUT2D eigenvalue weighted by Gasteiger charge is -2.33. The molecule has 8 heteroatoms. The number of rotatable bonds is 7. The van der Waals surface area contributed by atoms with Crippen LogP contribution >= 0.6 is 12.4 Å². The fourth-order valence-corrected chi connectivity index (χ4v) is 3.70. The first-order chi connectivity index (χ1) is 13.1. The molecule has 0 saturated carbocycles. The predicted molar refractivity (Wildman–Crippen MR) is 107 cm³/mol. The van der Waals surface area contributed by atoms with Crippen LogP contribution in [-0.2, 0) is 9.59 Å². The third kappa shape index (κ3) is 6.34. The van der Waals surface area contributed by atoms with Crippen molar-refractivity contribution in [1.29, 1.82) is 0 Å². The molecule has 0 radical (unpaired) electrons. The van der Waals surface area contributed by atoms with Gasteiger partial charge in [-0.2, -0.15) is 0 Å². The summed E-state index contributed by atoms with van der Waals surface area (Å²) in [5.74, 6) is 0.107. The van der Waals surface area contributed by atoms with Crippen molar-refractivity contribution in [2.45, 2.75) is 38.1 Å². The Hall–Kier alpha value is -1.86. The summed E-state index contributed by atoms with van der Waals surface area (Å²) in [4.78, 5) is 26.4. The highest BCUT2D eigenvalue weighted by molar-refractivity contribution is 5.85. The second kappa shape index (κ2) is 11.2. The topological polar surface area (TPSA) is 70.7 Å². The summed E-state index contributed by atoms with van der Waals surface area (Å²) < 4.78 is 18.9. The molecule has 0 aliphatic carbocycles. The van der Waals surface area contributed by atoms with Crippen molar-refractivity contribution < 1.29 is 18.7 Å². The molecule has 0 spiro atoms. The molecule has 156 valence electrons. The van der Waals surface area contributed by atoms with Crippen LogP contribution in [0, 0.1) is 11.7 Å². The number of nitrogens with one attached hydrogen (secondary N) is 2. The van der Waals surface area contributed by atoms with Gasteiger partial charge in [0.2, 0.25) is 11.8 Å². The van der Waals surface area contributed by atoms with Gasteiger partial charge in [-0.15, -0.1) is 12.4 Å². The van der Waals surface area contributed by atoms with Crippen LogP contribution < -0.4 is 15.4 Å². The molecule has 3 rings (SSSR count). The number of hydrogen-bond donors (Lipinski definition) is 2. The molecule has 2 saturated heterocycles. The molecule has 1 aromatic rings. The van der Waals surface area contributed by atoms with E-state index in [0.717, 1.165) is 38.8 Å². The number of carbonyl (C=O) groups excluding carboxylic acids is 2. The van der Waals surface area contributed by atoms with Crippen LogP contribution in [0.2, 0.25) is 0 Å². The third-order valence-corrected chi connectivity index (χ3v) is 5.22. The maximum absolute atomic E-state index is 13.5. The molecule has 28 heavy (non-hydrogen) atoms. The van der Waals surface area contributed by atoms with E-state index < -0.39 is 5.82 Å². The summed E-state index contributed by atoms with van der Waals surface area (Å²) in [6, 6.07) is 6.12. The highest BCUT2D eigenvalue weighted by Crippen LogP contribution is 2.18. The Morgan fingerprint density at radius 3 is 2.82 bits per heavy atom. The van der Waals surface area contributed by atoms with E-state index in [4.69, 9.17) is 4.74 Å². The Kier molecular flexibility index (Phi) is 8.99. The number of benzene rings is 1. The van der Waals surface area contributed by atoms with Gasteiger partial charge in [-0.05, 0) is 50.3 Å². The van der Waals surface area contributed by atoms with Crippen LogP contribution in [0.3, 0.4) is 0 Å². The summed E-state index contributed by atoms with van der Waals surface area (Å²) >= 11 is 0. The SMILES string of the molecule is Cl.O=C(NCC1CCCN(C(=O)CCOc2ccccc2F)C1)C1CCCN1. The summed E-state index contributed by atoms with van der Waals surface area (Å²) in [5, 5.41) is 6.21. The van der Waals surface area contributed by atoms with Gasteiger partial charge < -0.3 is 20.3 Å². The van der Waals surface area contributed by atoms with Crippen molar-refractivity contribution in [3.8, 4) is 5.75 Å². The fourth-order valence-electron chi connectivity index (χ4n) is 3.70. The molecular weight excluding hydrogens is 385 g/mol. The molecule has 2 atom stereocenters. The molecular formula is C20H29ClFN3O3. The van der Waals surface area contributed by atoms with Crippen molar-refractivity contribution in [2.75, 3.05) is 32.8 Å². The van der Waals surface area contributed by atoms with E-state index in [9.17, 15) is 14.0 Å². The van der Waals surface area contributed by atoms with Gasteiger partial charge in [-0.1, -0.05) is 12.1 Å². The highest BCUT2D eigenvalue weighted by Gasteiger charge is 2.26. The average Bonchev–Trinajstić information content (AvgIpc) is 3.23. The van der Waals surface area contributed by atoms with Crippen molar-refractivity contribution in [3.63, 3.8) is 0 Å². The smallest absolute Gasteiger partial charge is 0.237 e. The van der Waals surface area contributed by atoms with E-state index in [1.165, 1.54) is 6.07 Å². The summed E-state index contributed by atoms with van der Waals surface area (Å²) in [7, 11) is 0. The third-order valence-electron chi connectivity index (χ3n) is 5.22. The molecule has 6 nitrogen and oxygen atoms in total. The van der Waals surface area contributed by atoms with Gasteiger partial charge in [0.1, 0.15) is 0 Å². The number of hydrogen-bond acceptors (Lipinski definition) is 4. The molecule has 2 fully saturated rings. The largest absolute Gasteiger partial charge is 0.490 e. The highest BCUT2D eigenvalue weighted by atomic mass is 35.5. The van der Waals surface area contributed by atoms with Crippen LogP contribution in [0.5, 0.6) is 5.75 Å². The van der Waals surface area contributed by atoms with Gasteiger partial charge >= 0.3 is 0 Å². The first-order valence-corrected chi connectivity index (χ1v) is 9.79. The van der Waals surface area contributed by atoms with Crippen LogP contribution in [0.1, 0.15) is 32.1 Å². The number of piperidine rings is 1. The van der Waals surface area contributed by atoms with E-state index in [-0.39, 0.29) is 55.0 Å². The van der Waals surface area contributed by atoms with Crippen molar-refractivity contribution in [3.05, 3.63) is 30.1 Å². The van der Waals surface area contributed by atoms with Crippen LogP contribution in [0.15, 0.2) is 24.3 Å². The Bertz CT molecular complexity index is 655. The van der Waals surface area contributed by atoms with Gasteiger partial charge in [0.15, 0.2) is 11.6 Å². The lowest BCUT2D eigenvalue weighted by molar-refractivity contribution is -0.133. The zero-order chi connectivity index (χ0) is 19.1. The summed E-state index contributed by atoms with van der Waals surface area (Å²) in [5.41, 5.74) is 0. The van der Waals surface area contributed by atoms with Crippen molar-refractivity contribution in [1.82, 2.24) is 15.5 Å². The van der Waals surface area contributed by atoms with Crippen molar-refractivity contribution >= 4 is 24.2 Å². The Morgan fingerprint density at radius 1 is 1.25 bits per heavy atom. The second-order valence-electron chi connectivity index (χ2n) is 7.27. The van der Waals surface area contributed by atoms with E-state index in [0.29, 0.717) is 13.1 Å². The van der Waals surface area contributed by atoms with Gasteiger partial charge in [0.25, 0.3) is 0 Å². The number of para-hydroxylation sites is 1. The predicted octanol–water partition coefficient (Wildman–Crippen LogP) is 2.12. The molecule has 1 aromatic carbocycles. The summed E-state index contributed by atoms with van der Waals surface area (Å²) in [6.07, 6.45) is 4.09. The monoisotopic (exact) mass is 413 g/mol. The first kappa shape index (κ1) is 22.4. The minimum atomic E-state index is -0.421. The lowest BCUT2D eigenvalue weighted by Crippen LogP contribution is -2.46. The maximum Gasteiger partial charge on any atom is 0.237 e.